The van der Waals surface area contributed by atoms with Gasteiger partial charge < -0.3 is 14.2 Å². The molecule has 1 unspecified atom stereocenters. The number of esters is 3. The number of rotatable bonds is 47. The molecule has 0 saturated heterocycles. The Bertz CT molecular complexity index is 1070. The van der Waals surface area contributed by atoms with Crippen molar-refractivity contribution in [2.24, 2.45) is 0 Å². The Morgan fingerprint density at radius 1 is 0.344 bits per heavy atom. The Morgan fingerprint density at radius 3 is 1.05 bits per heavy atom. The van der Waals surface area contributed by atoms with Crippen LogP contribution in [-0.2, 0) is 28.6 Å². The van der Waals surface area contributed by atoms with Crippen molar-refractivity contribution >= 4 is 17.9 Å². The summed E-state index contributed by atoms with van der Waals surface area (Å²) in [4.78, 5) is 37.9. The number of hydrogen-bond acceptors (Lipinski definition) is 6. The zero-order chi connectivity index (χ0) is 44.4. The Balaban J connectivity index is 4.37. The second-order valence-electron chi connectivity index (χ2n) is 17.5. The van der Waals surface area contributed by atoms with Crippen LogP contribution in [0, 0.1) is 0 Å². The summed E-state index contributed by atoms with van der Waals surface area (Å²) in [6, 6.07) is 0. The minimum Gasteiger partial charge on any atom is -0.462 e. The van der Waals surface area contributed by atoms with Crippen LogP contribution in [0.2, 0.25) is 0 Å². The first-order valence-electron chi connectivity index (χ1n) is 26.2. The predicted molar refractivity (Wildman–Crippen MR) is 261 cm³/mol. The summed E-state index contributed by atoms with van der Waals surface area (Å²) >= 11 is 0. The molecule has 0 fully saturated rings. The van der Waals surface area contributed by atoms with E-state index in [9.17, 15) is 14.4 Å². The Kier molecular flexibility index (Phi) is 47.9. The fraction of sp³-hybridized carbons (Fsp3) is 0.800. The maximum absolute atomic E-state index is 12.8. The lowest BCUT2D eigenvalue weighted by atomic mass is 10.0. The van der Waals surface area contributed by atoms with Gasteiger partial charge in [-0.2, -0.15) is 0 Å². The molecule has 0 aromatic heterocycles. The van der Waals surface area contributed by atoms with Gasteiger partial charge in [-0.15, -0.1) is 0 Å². The number of carbonyl (C=O) groups is 3. The molecule has 0 heterocycles. The summed E-state index contributed by atoms with van der Waals surface area (Å²) in [6.07, 6.45) is 59.5. The average molecular weight is 855 g/mol. The molecule has 0 bridgehead atoms. The van der Waals surface area contributed by atoms with Gasteiger partial charge >= 0.3 is 17.9 Å². The van der Waals surface area contributed by atoms with Gasteiger partial charge in [-0.05, 0) is 64.2 Å². The first kappa shape index (κ1) is 58.4. The molecule has 0 N–H and O–H groups in total. The van der Waals surface area contributed by atoms with Crippen LogP contribution in [-0.4, -0.2) is 37.2 Å². The molecule has 0 radical (unpaired) electrons. The van der Waals surface area contributed by atoms with Crippen molar-refractivity contribution in [3.63, 3.8) is 0 Å². The lowest BCUT2D eigenvalue weighted by Gasteiger charge is -2.18. The van der Waals surface area contributed by atoms with Gasteiger partial charge in [-0.3, -0.25) is 14.4 Å². The molecule has 0 aromatic rings. The van der Waals surface area contributed by atoms with E-state index < -0.39 is 6.10 Å². The molecule has 6 nitrogen and oxygen atoms in total. The molecule has 0 aliphatic carbocycles. The molecule has 1 atom stereocenters. The van der Waals surface area contributed by atoms with Gasteiger partial charge in [0, 0.05) is 19.3 Å². The van der Waals surface area contributed by atoms with E-state index in [0.29, 0.717) is 19.3 Å². The van der Waals surface area contributed by atoms with Crippen LogP contribution in [0.5, 0.6) is 0 Å². The van der Waals surface area contributed by atoms with Gasteiger partial charge in [0.15, 0.2) is 6.10 Å². The van der Waals surface area contributed by atoms with Crippen molar-refractivity contribution in [3.8, 4) is 0 Å². The largest absolute Gasteiger partial charge is 0.462 e. The fourth-order valence-corrected chi connectivity index (χ4v) is 7.44. The van der Waals surface area contributed by atoms with E-state index in [0.717, 1.165) is 96.3 Å². The topological polar surface area (TPSA) is 78.9 Å². The van der Waals surface area contributed by atoms with E-state index in [1.165, 1.54) is 128 Å². The average Bonchev–Trinajstić information content (AvgIpc) is 3.26. The Labute approximate surface area is 378 Å². The third kappa shape index (κ3) is 48.3. The zero-order valence-electron chi connectivity index (χ0n) is 40.4. The van der Waals surface area contributed by atoms with Gasteiger partial charge in [0.2, 0.25) is 0 Å². The second kappa shape index (κ2) is 50.0. The molecule has 0 amide bonds. The van der Waals surface area contributed by atoms with Crippen molar-refractivity contribution in [1.82, 2.24) is 0 Å². The molecule has 0 aliphatic heterocycles. The van der Waals surface area contributed by atoms with E-state index >= 15 is 0 Å². The fourth-order valence-electron chi connectivity index (χ4n) is 7.44. The molecule has 0 aromatic carbocycles. The third-order valence-electron chi connectivity index (χ3n) is 11.4. The summed E-state index contributed by atoms with van der Waals surface area (Å²) in [5.41, 5.74) is 0. The SMILES string of the molecule is CC/C=C/C=C/C=C/CCCCCCCC(=O)OC(COC(=O)CCCCC/C=C/CCCCCCCC)COC(=O)CCCCCCCCCCCCCCCCCCC. The summed E-state index contributed by atoms with van der Waals surface area (Å²) in [5.74, 6) is -0.913. The van der Waals surface area contributed by atoms with E-state index in [1.807, 2.05) is 0 Å². The highest BCUT2D eigenvalue weighted by molar-refractivity contribution is 5.71. The van der Waals surface area contributed by atoms with Crippen molar-refractivity contribution in [1.29, 1.82) is 0 Å². The summed E-state index contributed by atoms with van der Waals surface area (Å²) in [7, 11) is 0. The lowest BCUT2D eigenvalue weighted by Crippen LogP contribution is -2.30. The molecule has 0 aliphatic rings. The van der Waals surface area contributed by atoms with Crippen LogP contribution >= 0.6 is 0 Å². The van der Waals surface area contributed by atoms with Gasteiger partial charge in [0.05, 0.1) is 0 Å². The van der Waals surface area contributed by atoms with Crippen molar-refractivity contribution < 1.29 is 28.6 Å². The number of ether oxygens (including phenoxy) is 3. The van der Waals surface area contributed by atoms with E-state index in [4.69, 9.17) is 14.2 Å². The van der Waals surface area contributed by atoms with Crippen LogP contribution in [0.3, 0.4) is 0 Å². The normalized spacial score (nSPS) is 12.4. The number of hydrogen-bond donors (Lipinski definition) is 0. The monoisotopic (exact) mass is 855 g/mol. The zero-order valence-corrected chi connectivity index (χ0v) is 40.4. The van der Waals surface area contributed by atoms with Crippen LogP contribution in [0.4, 0.5) is 0 Å². The molecule has 6 heteroatoms. The van der Waals surface area contributed by atoms with Crippen LogP contribution in [0.1, 0.15) is 265 Å². The van der Waals surface area contributed by atoms with Gasteiger partial charge in [-0.25, -0.2) is 0 Å². The first-order chi connectivity index (χ1) is 30.0. The van der Waals surface area contributed by atoms with Gasteiger partial charge in [0.25, 0.3) is 0 Å². The second-order valence-corrected chi connectivity index (χ2v) is 17.5. The molecule has 61 heavy (non-hydrogen) atoms. The molecule has 354 valence electrons. The minimum atomic E-state index is -0.786. The molecular formula is C55H98O6. The highest BCUT2D eigenvalue weighted by atomic mass is 16.6. The third-order valence-corrected chi connectivity index (χ3v) is 11.4. The van der Waals surface area contributed by atoms with Gasteiger partial charge in [0.1, 0.15) is 13.2 Å². The van der Waals surface area contributed by atoms with Crippen LogP contribution < -0.4 is 0 Å². The van der Waals surface area contributed by atoms with E-state index in [-0.39, 0.29) is 31.1 Å². The Hall–Kier alpha value is -2.63. The molecular weight excluding hydrogens is 757 g/mol. The standard InChI is InChI=1S/C55H98O6/c1-4-7-10-13-16-19-22-25-26-27-28-31-33-36-39-42-45-48-54(57)60-51-52(61-55(58)49-46-43-40-37-34-30-24-21-18-15-12-9-6-3)50-59-53(56)47-44-41-38-35-32-29-23-20-17-14-11-8-5-2/h9,12,15,18,21,24,29,32,52H,4-8,10-11,13-14,16-17,19-20,22-23,25-28,30-31,33-51H2,1-3H3/b12-9+,18-15+,24-21+,32-29+. The number of unbranched alkanes of at least 4 members (excludes halogenated alkanes) is 30. The smallest absolute Gasteiger partial charge is 0.306 e. The quantitative estimate of drug-likeness (QED) is 0.0199. The van der Waals surface area contributed by atoms with Crippen molar-refractivity contribution in [2.75, 3.05) is 13.2 Å². The minimum absolute atomic E-state index is 0.0838. The first-order valence-corrected chi connectivity index (χ1v) is 26.2. The van der Waals surface area contributed by atoms with Crippen molar-refractivity contribution in [3.05, 3.63) is 48.6 Å². The summed E-state index contributed by atoms with van der Waals surface area (Å²) in [6.45, 7) is 6.49. The molecule has 0 rings (SSSR count). The molecule has 0 saturated carbocycles. The lowest BCUT2D eigenvalue weighted by molar-refractivity contribution is -0.167. The molecule has 0 spiro atoms. The highest BCUT2D eigenvalue weighted by Gasteiger charge is 2.19. The van der Waals surface area contributed by atoms with Crippen LogP contribution in [0.15, 0.2) is 48.6 Å². The summed E-state index contributed by atoms with van der Waals surface area (Å²) in [5, 5.41) is 0. The van der Waals surface area contributed by atoms with E-state index in [1.54, 1.807) is 0 Å². The predicted octanol–water partition coefficient (Wildman–Crippen LogP) is 17.1. The maximum Gasteiger partial charge on any atom is 0.306 e. The summed E-state index contributed by atoms with van der Waals surface area (Å²) < 4.78 is 16.8. The number of carbonyl (C=O) groups excluding carboxylic acids is 3. The van der Waals surface area contributed by atoms with Crippen LogP contribution in [0.25, 0.3) is 0 Å². The maximum atomic E-state index is 12.8. The van der Waals surface area contributed by atoms with Gasteiger partial charge in [-0.1, -0.05) is 230 Å². The Morgan fingerprint density at radius 2 is 0.656 bits per heavy atom. The number of allylic oxidation sites excluding steroid dienone is 8. The van der Waals surface area contributed by atoms with E-state index in [2.05, 4.69) is 69.4 Å². The highest BCUT2D eigenvalue weighted by Crippen LogP contribution is 2.16. The van der Waals surface area contributed by atoms with Crippen molar-refractivity contribution in [2.45, 2.75) is 271 Å².